The molecular formula is C17H19FN4O3S. The third-order valence-corrected chi connectivity index (χ3v) is 5.15. The van der Waals surface area contributed by atoms with E-state index in [9.17, 15) is 19.1 Å². The molecule has 2 aromatic rings. The summed E-state index contributed by atoms with van der Waals surface area (Å²) >= 11 is 1.08. The van der Waals surface area contributed by atoms with Gasteiger partial charge in [0, 0.05) is 29.1 Å². The highest BCUT2D eigenvalue weighted by Gasteiger charge is 2.22. The second-order valence-electron chi connectivity index (χ2n) is 6.02. The number of amides is 3. The van der Waals surface area contributed by atoms with Gasteiger partial charge in [-0.15, -0.1) is 11.3 Å². The number of aromatic hydroxyl groups is 1. The predicted octanol–water partition coefficient (Wildman–Crippen LogP) is 2.23. The number of nitrogens with two attached hydrogens (primary N) is 1. The number of rotatable bonds is 4. The van der Waals surface area contributed by atoms with Gasteiger partial charge in [-0.1, -0.05) is 0 Å². The minimum absolute atomic E-state index is 0.000233. The SMILES string of the molecule is NC(=O)Nc1sc(-c2ccc(F)cc2O)cc1C(=O)N[C@H]1CCCNC1. The normalized spacial score (nSPS) is 16.9. The number of nitrogens with one attached hydrogen (secondary N) is 3. The summed E-state index contributed by atoms with van der Waals surface area (Å²) in [4.78, 5) is 24.4. The topological polar surface area (TPSA) is 116 Å². The summed E-state index contributed by atoms with van der Waals surface area (Å²) in [5.41, 5.74) is 5.80. The monoisotopic (exact) mass is 378 g/mol. The molecule has 26 heavy (non-hydrogen) atoms. The van der Waals surface area contributed by atoms with Gasteiger partial charge < -0.3 is 21.5 Å². The van der Waals surface area contributed by atoms with Crippen LogP contribution in [0.1, 0.15) is 23.2 Å². The van der Waals surface area contributed by atoms with Crippen molar-refractivity contribution in [1.82, 2.24) is 10.6 Å². The van der Waals surface area contributed by atoms with Crippen molar-refractivity contribution in [1.29, 1.82) is 0 Å². The highest BCUT2D eigenvalue weighted by atomic mass is 32.1. The maximum Gasteiger partial charge on any atom is 0.317 e. The number of hydrogen-bond donors (Lipinski definition) is 5. The molecule has 2 heterocycles. The van der Waals surface area contributed by atoms with Crippen molar-refractivity contribution in [2.45, 2.75) is 18.9 Å². The average Bonchev–Trinajstić information content (AvgIpc) is 2.98. The number of primary amides is 1. The fourth-order valence-corrected chi connectivity index (χ4v) is 3.94. The van der Waals surface area contributed by atoms with Crippen LogP contribution in [0.15, 0.2) is 24.3 Å². The van der Waals surface area contributed by atoms with Crippen molar-refractivity contribution in [2.24, 2.45) is 5.73 Å². The van der Waals surface area contributed by atoms with E-state index in [-0.39, 0.29) is 28.3 Å². The lowest BCUT2D eigenvalue weighted by Crippen LogP contribution is -2.45. The molecule has 0 spiro atoms. The molecule has 0 aliphatic carbocycles. The zero-order valence-corrected chi connectivity index (χ0v) is 14.7. The molecule has 1 atom stereocenters. The summed E-state index contributed by atoms with van der Waals surface area (Å²) in [6.07, 6.45) is 1.84. The Kier molecular flexibility index (Phi) is 5.38. The number of thiophene rings is 1. The molecular weight excluding hydrogens is 359 g/mol. The second kappa shape index (κ2) is 7.71. The molecule has 138 valence electrons. The van der Waals surface area contributed by atoms with Crippen LogP contribution in [0.5, 0.6) is 5.75 Å². The number of anilines is 1. The van der Waals surface area contributed by atoms with Crippen LogP contribution < -0.4 is 21.7 Å². The smallest absolute Gasteiger partial charge is 0.317 e. The Morgan fingerprint density at radius 3 is 2.81 bits per heavy atom. The van der Waals surface area contributed by atoms with E-state index >= 15 is 0 Å². The van der Waals surface area contributed by atoms with Crippen LogP contribution in [0.3, 0.4) is 0 Å². The molecule has 1 aromatic heterocycles. The van der Waals surface area contributed by atoms with Gasteiger partial charge in [0.15, 0.2) is 0 Å². The Balaban J connectivity index is 1.91. The first-order chi connectivity index (χ1) is 12.4. The van der Waals surface area contributed by atoms with Crippen molar-refractivity contribution in [3.05, 3.63) is 35.6 Å². The van der Waals surface area contributed by atoms with Crippen LogP contribution in [-0.4, -0.2) is 36.2 Å². The van der Waals surface area contributed by atoms with Gasteiger partial charge >= 0.3 is 6.03 Å². The van der Waals surface area contributed by atoms with E-state index in [1.54, 1.807) is 6.07 Å². The van der Waals surface area contributed by atoms with Gasteiger partial charge in [-0.25, -0.2) is 9.18 Å². The van der Waals surface area contributed by atoms with Crippen LogP contribution in [0, 0.1) is 5.82 Å². The summed E-state index contributed by atoms with van der Waals surface area (Å²) < 4.78 is 13.2. The highest BCUT2D eigenvalue weighted by molar-refractivity contribution is 7.20. The van der Waals surface area contributed by atoms with E-state index in [1.165, 1.54) is 12.1 Å². The minimum Gasteiger partial charge on any atom is -0.507 e. The van der Waals surface area contributed by atoms with Crippen molar-refractivity contribution in [2.75, 3.05) is 18.4 Å². The van der Waals surface area contributed by atoms with Gasteiger partial charge in [0.1, 0.15) is 16.6 Å². The van der Waals surface area contributed by atoms with Crippen LogP contribution in [0.4, 0.5) is 14.2 Å². The van der Waals surface area contributed by atoms with E-state index in [0.717, 1.165) is 36.8 Å². The molecule has 3 rings (SSSR count). The van der Waals surface area contributed by atoms with Crippen LogP contribution >= 0.6 is 11.3 Å². The summed E-state index contributed by atoms with van der Waals surface area (Å²) in [6, 6.07) is 4.37. The molecule has 1 aliphatic heterocycles. The number of benzene rings is 1. The van der Waals surface area contributed by atoms with Gasteiger partial charge in [0.2, 0.25) is 0 Å². The van der Waals surface area contributed by atoms with E-state index in [1.807, 2.05) is 0 Å². The predicted molar refractivity (Wildman–Crippen MR) is 97.9 cm³/mol. The Morgan fingerprint density at radius 1 is 1.35 bits per heavy atom. The summed E-state index contributed by atoms with van der Waals surface area (Å²) in [7, 11) is 0. The Bertz CT molecular complexity index is 833. The van der Waals surface area contributed by atoms with Gasteiger partial charge in [-0.05, 0) is 37.6 Å². The van der Waals surface area contributed by atoms with E-state index in [2.05, 4.69) is 16.0 Å². The van der Waals surface area contributed by atoms with Crippen LogP contribution in [-0.2, 0) is 0 Å². The fraction of sp³-hybridized carbons (Fsp3) is 0.294. The number of halogens is 1. The van der Waals surface area contributed by atoms with E-state index in [4.69, 9.17) is 5.73 Å². The zero-order chi connectivity index (χ0) is 18.7. The number of piperidine rings is 1. The summed E-state index contributed by atoms with van der Waals surface area (Å²) in [5.74, 6) is -1.16. The molecule has 1 fully saturated rings. The lowest BCUT2D eigenvalue weighted by atomic mass is 10.1. The number of phenolic OH excluding ortho intramolecular Hbond substituents is 1. The van der Waals surface area contributed by atoms with Crippen molar-refractivity contribution in [3.63, 3.8) is 0 Å². The lowest BCUT2D eigenvalue weighted by molar-refractivity contribution is 0.0932. The molecule has 0 radical (unpaired) electrons. The first-order valence-corrected chi connectivity index (χ1v) is 8.96. The number of phenols is 1. The molecule has 1 aliphatic rings. The van der Waals surface area contributed by atoms with Gasteiger partial charge in [-0.2, -0.15) is 0 Å². The zero-order valence-electron chi connectivity index (χ0n) is 13.8. The molecule has 0 saturated carbocycles. The number of carbonyl (C=O) groups is 2. The van der Waals surface area contributed by atoms with E-state index in [0.29, 0.717) is 17.0 Å². The molecule has 1 saturated heterocycles. The number of hydrogen-bond acceptors (Lipinski definition) is 5. The molecule has 6 N–H and O–H groups in total. The van der Waals surface area contributed by atoms with Gasteiger partial charge in [0.05, 0.1) is 5.56 Å². The molecule has 3 amide bonds. The number of urea groups is 1. The maximum absolute atomic E-state index is 13.2. The average molecular weight is 378 g/mol. The number of carbonyl (C=O) groups excluding carboxylic acids is 2. The lowest BCUT2D eigenvalue weighted by Gasteiger charge is -2.23. The Hall–Kier alpha value is -2.65. The van der Waals surface area contributed by atoms with E-state index < -0.39 is 11.8 Å². The largest absolute Gasteiger partial charge is 0.507 e. The van der Waals surface area contributed by atoms with Crippen LogP contribution in [0.25, 0.3) is 10.4 Å². The summed E-state index contributed by atoms with van der Waals surface area (Å²) in [5, 5.41) is 18.8. The highest BCUT2D eigenvalue weighted by Crippen LogP contribution is 2.39. The van der Waals surface area contributed by atoms with Crippen molar-refractivity contribution < 1.29 is 19.1 Å². The molecule has 0 bridgehead atoms. The second-order valence-corrected chi connectivity index (χ2v) is 7.07. The maximum atomic E-state index is 13.2. The third-order valence-electron chi connectivity index (χ3n) is 4.07. The Morgan fingerprint density at radius 2 is 2.15 bits per heavy atom. The standard InChI is InChI=1S/C17H19FN4O3S/c18-9-3-4-11(13(23)6-9)14-7-12(16(26-14)22-17(19)25)15(24)21-10-2-1-5-20-8-10/h3-4,6-7,10,20,23H,1-2,5,8H2,(H,21,24)(H3,19,22,25)/t10-/m0/s1. The first-order valence-electron chi connectivity index (χ1n) is 8.15. The molecule has 1 aromatic carbocycles. The minimum atomic E-state index is -0.796. The van der Waals surface area contributed by atoms with Crippen molar-refractivity contribution >= 4 is 28.3 Å². The van der Waals surface area contributed by atoms with Crippen molar-refractivity contribution in [3.8, 4) is 16.2 Å². The van der Waals surface area contributed by atoms with Gasteiger partial charge in [-0.3, -0.25) is 10.1 Å². The molecule has 9 heteroatoms. The first kappa shape index (κ1) is 18.2. The van der Waals surface area contributed by atoms with Gasteiger partial charge in [0.25, 0.3) is 5.91 Å². The molecule has 0 unspecified atom stereocenters. The third kappa shape index (κ3) is 4.12. The fourth-order valence-electron chi connectivity index (χ4n) is 2.85. The van der Waals surface area contributed by atoms with Crippen LogP contribution in [0.2, 0.25) is 0 Å². The summed E-state index contributed by atoms with van der Waals surface area (Å²) in [6.45, 7) is 1.60. The quantitative estimate of drug-likeness (QED) is 0.561. The molecule has 7 nitrogen and oxygen atoms in total. The Labute approximate surface area is 153 Å².